The number of rotatable bonds is 7. The van der Waals surface area contributed by atoms with Crippen molar-refractivity contribution in [3.05, 3.63) is 0 Å². The lowest BCUT2D eigenvalue weighted by molar-refractivity contribution is -0.140. The molecule has 1 aliphatic rings. The molecule has 0 aromatic heterocycles. The van der Waals surface area contributed by atoms with Crippen molar-refractivity contribution in [2.45, 2.75) is 38.8 Å². The third-order valence-corrected chi connectivity index (χ3v) is 3.72. The second-order valence-electron chi connectivity index (χ2n) is 6.00. The average Bonchev–Trinajstić information content (AvgIpc) is 2.34. The molecule has 1 fully saturated rings. The first-order valence-electron chi connectivity index (χ1n) is 7.12. The summed E-state index contributed by atoms with van der Waals surface area (Å²) in [4.78, 5) is 15.2. The zero-order valence-corrected chi connectivity index (χ0v) is 12.6. The zero-order valence-electron chi connectivity index (χ0n) is 12.6. The lowest BCUT2D eigenvalue weighted by Crippen LogP contribution is -2.47. The molecule has 1 N–H and O–H groups in total. The molecule has 0 saturated carbocycles. The number of aliphatic carboxylic acids is 1. The molecule has 0 aromatic rings. The SMILES string of the molecule is CC(C)C1CC(N(CCN(C)C)CC(=O)O)CCO1. The molecule has 5 heteroatoms. The fourth-order valence-electron chi connectivity index (χ4n) is 2.50. The number of likely N-dealkylation sites (N-methyl/N-ethyl adjacent to an activating group) is 1. The molecule has 1 rings (SSSR count). The molecule has 1 saturated heterocycles. The van der Waals surface area contributed by atoms with Crippen LogP contribution in [-0.4, -0.2) is 73.4 Å². The summed E-state index contributed by atoms with van der Waals surface area (Å²) in [6, 6.07) is 0.331. The van der Waals surface area contributed by atoms with Gasteiger partial charge in [-0.25, -0.2) is 0 Å². The molecular weight excluding hydrogens is 244 g/mol. The van der Waals surface area contributed by atoms with Crippen molar-refractivity contribution in [3.63, 3.8) is 0 Å². The van der Waals surface area contributed by atoms with E-state index in [0.717, 1.165) is 32.5 Å². The largest absolute Gasteiger partial charge is 0.480 e. The Bertz CT molecular complexity index is 282. The monoisotopic (exact) mass is 272 g/mol. The first kappa shape index (κ1) is 16.4. The van der Waals surface area contributed by atoms with E-state index in [0.29, 0.717) is 12.0 Å². The first-order chi connectivity index (χ1) is 8.90. The standard InChI is InChI=1S/C14H28N2O3/c1-11(2)13-9-12(5-8-19-13)16(10-14(17)18)7-6-15(3)4/h11-13H,5-10H2,1-4H3,(H,17,18). The summed E-state index contributed by atoms with van der Waals surface area (Å²) in [6.07, 6.45) is 2.14. The van der Waals surface area contributed by atoms with Crippen LogP contribution in [0.2, 0.25) is 0 Å². The average molecular weight is 272 g/mol. The molecule has 2 unspecified atom stereocenters. The number of carboxylic acids is 1. The number of hydrogen-bond donors (Lipinski definition) is 1. The van der Waals surface area contributed by atoms with E-state index in [4.69, 9.17) is 9.84 Å². The van der Waals surface area contributed by atoms with E-state index in [1.165, 1.54) is 0 Å². The Kier molecular flexibility index (Phi) is 6.75. The van der Waals surface area contributed by atoms with Gasteiger partial charge in [0.2, 0.25) is 0 Å². The summed E-state index contributed by atoms with van der Waals surface area (Å²) in [5.74, 6) is -0.255. The van der Waals surface area contributed by atoms with Crippen LogP contribution < -0.4 is 0 Å². The molecule has 1 aliphatic heterocycles. The van der Waals surface area contributed by atoms with Crippen LogP contribution in [0, 0.1) is 5.92 Å². The highest BCUT2D eigenvalue weighted by Crippen LogP contribution is 2.23. The normalized spacial score (nSPS) is 24.4. The molecule has 19 heavy (non-hydrogen) atoms. The van der Waals surface area contributed by atoms with Gasteiger partial charge >= 0.3 is 5.97 Å². The first-order valence-corrected chi connectivity index (χ1v) is 7.12. The Morgan fingerprint density at radius 1 is 1.37 bits per heavy atom. The van der Waals surface area contributed by atoms with Crippen LogP contribution in [0.25, 0.3) is 0 Å². The van der Waals surface area contributed by atoms with Gasteiger partial charge in [-0.15, -0.1) is 0 Å². The number of carbonyl (C=O) groups is 1. The highest BCUT2D eigenvalue weighted by Gasteiger charge is 2.29. The predicted molar refractivity (Wildman–Crippen MR) is 75.4 cm³/mol. The number of nitrogens with zero attached hydrogens (tertiary/aromatic N) is 2. The van der Waals surface area contributed by atoms with Crippen molar-refractivity contribution in [1.29, 1.82) is 0 Å². The maximum absolute atomic E-state index is 11.0. The van der Waals surface area contributed by atoms with Crippen LogP contribution in [-0.2, 0) is 9.53 Å². The summed E-state index contributed by atoms with van der Waals surface area (Å²) in [6.45, 7) is 6.88. The molecule has 0 aromatic carbocycles. The van der Waals surface area contributed by atoms with E-state index >= 15 is 0 Å². The van der Waals surface area contributed by atoms with Gasteiger partial charge < -0.3 is 14.7 Å². The van der Waals surface area contributed by atoms with Gasteiger partial charge in [0.1, 0.15) is 0 Å². The van der Waals surface area contributed by atoms with Crippen molar-refractivity contribution in [2.75, 3.05) is 40.3 Å². The maximum atomic E-state index is 11.0. The number of carboxylic acid groups (broad SMARTS) is 1. The highest BCUT2D eigenvalue weighted by molar-refractivity contribution is 5.69. The van der Waals surface area contributed by atoms with Crippen molar-refractivity contribution in [1.82, 2.24) is 9.80 Å². The third kappa shape index (κ3) is 5.89. The Morgan fingerprint density at radius 3 is 2.58 bits per heavy atom. The Morgan fingerprint density at radius 2 is 2.05 bits per heavy atom. The molecule has 112 valence electrons. The summed E-state index contributed by atoms with van der Waals surface area (Å²) in [5.41, 5.74) is 0. The van der Waals surface area contributed by atoms with Crippen LogP contribution >= 0.6 is 0 Å². The van der Waals surface area contributed by atoms with Gasteiger partial charge in [-0.05, 0) is 32.9 Å². The molecule has 0 spiro atoms. The predicted octanol–water partition coefficient (Wildman–Crippen LogP) is 1.14. The molecule has 0 bridgehead atoms. The van der Waals surface area contributed by atoms with Gasteiger partial charge in [0.25, 0.3) is 0 Å². The Balaban J connectivity index is 2.59. The lowest BCUT2D eigenvalue weighted by Gasteiger charge is -2.38. The molecule has 0 amide bonds. The van der Waals surface area contributed by atoms with Crippen LogP contribution in [0.4, 0.5) is 0 Å². The topological polar surface area (TPSA) is 53.0 Å². The van der Waals surface area contributed by atoms with Gasteiger partial charge in [0, 0.05) is 25.7 Å². The Labute approximate surface area is 116 Å². The van der Waals surface area contributed by atoms with Crippen LogP contribution in [0.1, 0.15) is 26.7 Å². The highest BCUT2D eigenvalue weighted by atomic mass is 16.5. The Hall–Kier alpha value is -0.650. The van der Waals surface area contributed by atoms with Crippen molar-refractivity contribution < 1.29 is 14.6 Å². The van der Waals surface area contributed by atoms with E-state index in [1.54, 1.807) is 0 Å². The second-order valence-corrected chi connectivity index (χ2v) is 6.00. The van der Waals surface area contributed by atoms with Crippen molar-refractivity contribution in [3.8, 4) is 0 Å². The van der Waals surface area contributed by atoms with Crippen LogP contribution in [0.15, 0.2) is 0 Å². The smallest absolute Gasteiger partial charge is 0.317 e. The minimum atomic E-state index is -0.744. The summed E-state index contributed by atoms with van der Waals surface area (Å²) in [7, 11) is 4.03. The fraction of sp³-hybridized carbons (Fsp3) is 0.929. The minimum Gasteiger partial charge on any atom is -0.480 e. The quantitative estimate of drug-likeness (QED) is 0.753. The second kappa shape index (κ2) is 7.82. The van der Waals surface area contributed by atoms with E-state index < -0.39 is 5.97 Å². The molecule has 1 heterocycles. The van der Waals surface area contributed by atoms with Crippen molar-refractivity contribution >= 4 is 5.97 Å². The lowest BCUT2D eigenvalue weighted by atomic mass is 9.94. The van der Waals surface area contributed by atoms with Crippen molar-refractivity contribution in [2.24, 2.45) is 5.92 Å². The van der Waals surface area contributed by atoms with Gasteiger partial charge in [-0.1, -0.05) is 13.8 Å². The molecule has 2 atom stereocenters. The fourth-order valence-corrected chi connectivity index (χ4v) is 2.50. The van der Waals surface area contributed by atoms with Gasteiger partial charge in [0.15, 0.2) is 0 Å². The summed E-state index contributed by atoms with van der Waals surface area (Å²) < 4.78 is 5.77. The number of hydrogen-bond acceptors (Lipinski definition) is 4. The molecular formula is C14H28N2O3. The third-order valence-electron chi connectivity index (χ3n) is 3.72. The molecule has 0 aliphatic carbocycles. The van der Waals surface area contributed by atoms with Gasteiger partial charge in [0.05, 0.1) is 12.6 Å². The van der Waals surface area contributed by atoms with Gasteiger partial charge in [-0.3, -0.25) is 9.69 Å². The van der Waals surface area contributed by atoms with Crippen LogP contribution in [0.3, 0.4) is 0 Å². The van der Waals surface area contributed by atoms with Gasteiger partial charge in [-0.2, -0.15) is 0 Å². The minimum absolute atomic E-state index is 0.128. The zero-order chi connectivity index (χ0) is 14.4. The number of ether oxygens (including phenoxy) is 1. The van der Waals surface area contributed by atoms with Crippen LogP contribution in [0.5, 0.6) is 0 Å². The van der Waals surface area contributed by atoms with E-state index in [2.05, 4.69) is 23.6 Å². The maximum Gasteiger partial charge on any atom is 0.317 e. The van der Waals surface area contributed by atoms with E-state index in [9.17, 15) is 4.79 Å². The molecule has 5 nitrogen and oxygen atoms in total. The molecule has 0 radical (unpaired) electrons. The van der Waals surface area contributed by atoms with E-state index in [-0.39, 0.29) is 12.6 Å². The summed E-state index contributed by atoms with van der Waals surface area (Å²) in [5, 5.41) is 9.07. The van der Waals surface area contributed by atoms with E-state index in [1.807, 2.05) is 14.1 Å². The summed E-state index contributed by atoms with van der Waals surface area (Å²) >= 11 is 0.